The van der Waals surface area contributed by atoms with Crippen molar-refractivity contribution in [2.24, 2.45) is 11.3 Å². The average Bonchev–Trinajstić information content (AvgIpc) is 2.37. The highest BCUT2D eigenvalue weighted by molar-refractivity contribution is 8.18. The first-order chi connectivity index (χ1) is 9.52. The van der Waals surface area contributed by atoms with Crippen LogP contribution in [0.3, 0.4) is 0 Å². The molecule has 0 amide bonds. The zero-order chi connectivity index (χ0) is 15.9. The van der Waals surface area contributed by atoms with Crippen LogP contribution in [0.2, 0.25) is 0 Å². The maximum Gasteiger partial charge on any atom is 0.416 e. The number of hydrogen-bond donors (Lipinski definition) is 0. The van der Waals surface area contributed by atoms with Gasteiger partial charge in [0.05, 0.1) is 9.64 Å². The van der Waals surface area contributed by atoms with Crippen LogP contribution in [-0.2, 0) is 10.3 Å². The van der Waals surface area contributed by atoms with Crippen LogP contribution in [0.25, 0.3) is 0 Å². The number of benzene rings is 1. The molecule has 5 heteroatoms. The molecule has 1 aliphatic rings. The minimum atomic E-state index is -4.27. The van der Waals surface area contributed by atoms with Crippen molar-refractivity contribution >= 4 is 23.5 Å². The second kappa shape index (κ2) is 5.73. The van der Waals surface area contributed by atoms with E-state index in [2.05, 4.69) is 20.8 Å². The highest BCUT2D eigenvalue weighted by Crippen LogP contribution is 2.54. The molecule has 0 aromatic heterocycles. The molecule has 0 N–H and O–H groups in total. The molecular weight excluding hydrogens is 313 g/mol. The van der Waals surface area contributed by atoms with E-state index in [-0.39, 0.29) is 9.49 Å². The van der Waals surface area contributed by atoms with Gasteiger partial charge in [-0.1, -0.05) is 32.9 Å². The van der Waals surface area contributed by atoms with Crippen molar-refractivity contribution in [2.75, 3.05) is 11.5 Å². The first kappa shape index (κ1) is 17.1. The lowest BCUT2D eigenvalue weighted by atomic mass is 9.83. The lowest BCUT2D eigenvalue weighted by Gasteiger charge is -2.41. The SMILES string of the molecule is CC(C)(C)[C@H]1CS[C@](C)(c2cccc(C(F)(F)F)c2)SC1. The molecule has 0 aliphatic carbocycles. The third kappa shape index (κ3) is 3.92. The summed E-state index contributed by atoms with van der Waals surface area (Å²) in [7, 11) is 0. The predicted octanol–water partition coefficient (Wildman–Crippen LogP) is 6.02. The standard InChI is InChI=1S/C16H21F3S2/c1-14(2,3)13-9-20-15(4,21-10-13)11-6-5-7-12(8-11)16(17,18)19/h5-8,13H,9-10H2,1-4H3/t13-,15-. The number of hydrogen-bond acceptors (Lipinski definition) is 2. The lowest BCUT2D eigenvalue weighted by molar-refractivity contribution is -0.137. The van der Waals surface area contributed by atoms with Gasteiger partial charge in [0, 0.05) is 0 Å². The van der Waals surface area contributed by atoms with Crippen LogP contribution in [0.4, 0.5) is 13.2 Å². The van der Waals surface area contributed by atoms with Crippen molar-refractivity contribution in [2.45, 2.75) is 38.0 Å². The topological polar surface area (TPSA) is 0 Å². The Morgan fingerprint density at radius 2 is 1.67 bits per heavy atom. The van der Waals surface area contributed by atoms with E-state index >= 15 is 0 Å². The predicted molar refractivity (Wildman–Crippen MR) is 86.7 cm³/mol. The Balaban J connectivity index is 2.19. The summed E-state index contributed by atoms with van der Waals surface area (Å²) < 4.78 is 38.3. The fourth-order valence-corrected chi connectivity index (χ4v) is 6.01. The minimum absolute atomic E-state index is 0.245. The minimum Gasteiger partial charge on any atom is -0.166 e. The van der Waals surface area contributed by atoms with E-state index in [0.717, 1.165) is 23.1 Å². The number of halogens is 3. The molecule has 0 atom stereocenters. The van der Waals surface area contributed by atoms with Gasteiger partial charge in [0.2, 0.25) is 0 Å². The lowest BCUT2D eigenvalue weighted by Crippen LogP contribution is -2.32. The van der Waals surface area contributed by atoms with Gasteiger partial charge in [0.15, 0.2) is 0 Å². The van der Waals surface area contributed by atoms with E-state index in [9.17, 15) is 13.2 Å². The van der Waals surface area contributed by atoms with E-state index in [4.69, 9.17) is 0 Å². The maximum absolute atomic E-state index is 12.9. The van der Waals surface area contributed by atoms with Gasteiger partial charge in [-0.15, -0.1) is 23.5 Å². The summed E-state index contributed by atoms with van der Waals surface area (Å²) in [5.74, 6) is 2.57. The third-order valence-corrected chi connectivity index (χ3v) is 7.48. The Morgan fingerprint density at radius 3 is 2.14 bits per heavy atom. The molecule has 0 unspecified atom stereocenters. The molecule has 1 fully saturated rings. The van der Waals surface area contributed by atoms with E-state index in [0.29, 0.717) is 5.92 Å². The molecular formula is C16H21F3S2. The van der Waals surface area contributed by atoms with Crippen LogP contribution in [0.1, 0.15) is 38.8 Å². The molecule has 1 aromatic rings. The Hall–Kier alpha value is -0.290. The van der Waals surface area contributed by atoms with Crippen LogP contribution in [0, 0.1) is 11.3 Å². The van der Waals surface area contributed by atoms with Crippen molar-refractivity contribution in [1.82, 2.24) is 0 Å². The van der Waals surface area contributed by atoms with E-state index in [1.165, 1.54) is 12.1 Å². The van der Waals surface area contributed by atoms with Crippen molar-refractivity contribution < 1.29 is 13.2 Å². The summed E-state index contributed by atoms with van der Waals surface area (Å²) in [5, 5.41) is 0. The summed E-state index contributed by atoms with van der Waals surface area (Å²) in [5.41, 5.74) is 0.454. The molecule has 21 heavy (non-hydrogen) atoms. The zero-order valence-electron chi connectivity index (χ0n) is 12.8. The summed E-state index contributed by atoms with van der Waals surface area (Å²) in [6.07, 6.45) is -4.27. The second-order valence-electron chi connectivity index (χ2n) is 6.71. The quantitative estimate of drug-likeness (QED) is 0.616. The van der Waals surface area contributed by atoms with Crippen LogP contribution < -0.4 is 0 Å². The Kier molecular flexibility index (Phi) is 4.66. The highest BCUT2D eigenvalue weighted by atomic mass is 32.2. The van der Waals surface area contributed by atoms with Gasteiger partial charge in [-0.2, -0.15) is 13.2 Å². The normalized spacial score (nSPS) is 27.7. The summed E-state index contributed by atoms with van der Waals surface area (Å²) in [6.45, 7) is 8.72. The highest BCUT2D eigenvalue weighted by Gasteiger charge is 2.39. The van der Waals surface area contributed by atoms with Crippen molar-refractivity contribution in [3.63, 3.8) is 0 Å². The fraction of sp³-hybridized carbons (Fsp3) is 0.625. The number of rotatable bonds is 1. The van der Waals surface area contributed by atoms with E-state index in [1.807, 2.05) is 13.0 Å². The Morgan fingerprint density at radius 1 is 1.10 bits per heavy atom. The van der Waals surface area contributed by atoms with Gasteiger partial charge in [-0.25, -0.2) is 0 Å². The molecule has 0 spiro atoms. The molecule has 0 bridgehead atoms. The summed E-state index contributed by atoms with van der Waals surface area (Å²) >= 11 is 3.54. The van der Waals surface area contributed by atoms with Gasteiger partial charge in [0.25, 0.3) is 0 Å². The van der Waals surface area contributed by atoms with E-state index in [1.54, 1.807) is 23.5 Å². The average molecular weight is 334 g/mol. The molecule has 1 heterocycles. The largest absolute Gasteiger partial charge is 0.416 e. The number of thioether (sulfide) groups is 2. The van der Waals surface area contributed by atoms with E-state index < -0.39 is 11.7 Å². The monoisotopic (exact) mass is 334 g/mol. The van der Waals surface area contributed by atoms with Gasteiger partial charge in [-0.05, 0) is 47.5 Å². The third-order valence-electron chi connectivity index (χ3n) is 4.06. The number of alkyl halides is 3. The van der Waals surface area contributed by atoms with Gasteiger partial charge >= 0.3 is 6.18 Å². The summed E-state index contributed by atoms with van der Waals surface area (Å²) in [4.78, 5) is 0. The molecule has 0 nitrogen and oxygen atoms in total. The van der Waals surface area contributed by atoms with Crippen LogP contribution >= 0.6 is 23.5 Å². The summed E-state index contributed by atoms with van der Waals surface area (Å²) in [6, 6.07) is 5.77. The zero-order valence-corrected chi connectivity index (χ0v) is 14.4. The van der Waals surface area contributed by atoms with Crippen molar-refractivity contribution in [3.8, 4) is 0 Å². The Bertz CT molecular complexity index is 495. The van der Waals surface area contributed by atoms with Crippen molar-refractivity contribution in [3.05, 3.63) is 35.4 Å². The fourth-order valence-electron chi connectivity index (χ4n) is 2.25. The molecule has 2 rings (SSSR count). The van der Waals surface area contributed by atoms with Gasteiger partial charge in [0.1, 0.15) is 0 Å². The molecule has 1 aliphatic heterocycles. The van der Waals surface area contributed by atoms with Gasteiger partial charge < -0.3 is 0 Å². The smallest absolute Gasteiger partial charge is 0.166 e. The maximum atomic E-state index is 12.9. The van der Waals surface area contributed by atoms with Crippen LogP contribution in [-0.4, -0.2) is 11.5 Å². The molecule has 1 aromatic carbocycles. The molecule has 1 saturated heterocycles. The second-order valence-corrected chi connectivity index (χ2v) is 9.84. The molecule has 0 radical (unpaired) electrons. The van der Waals surface area contributed by atoms with Crippen molar-refractivity contribution in [1.29, 1.82) is 0 Å². The Labute approximate surface area is 133 Å². The first-order valence-electron chi connectivity index (χ1n) is 6.98. The van der Waals surface area contributed by atoms with Crippen LogP contribution in [0.15, 0.2) is 24.3 Å². The first-order valence-corrected chi connectivity index (χ1v) is 8.95. The molecule has 118 valence electrons. The van der Waals surface area contributed by atoms with Gasteiger partial charge in [-0.3, -0.25) is 0 Å². The molecule has 0 saturated carbocycles. The van der Waals surface area contributed by atoms with Crippen LogP contribution in [0.5, 0.6) is 0 Å².